The molecule has 0 aromatic rings. The molecule has 0 unspecified atom stereocenters. The zero-order valence-corrected chi connectivity index (χ0v) is 14.1. The van der Waals surface area contributed by atoms with E-state index in [9.17, 15) is 0 Å². The molecule has 0 N–H and O–H groups in total. The number of hydrogen-bond acceptors (Lipinski definition) is 4. The maximum Gasteiger partial charge on any atom is 0.346 e. The van der Waals surface area contributed by atoms with E-state index in [1.807, 2.05) is 10.1 Å². The van der Waals surface area contributed by atoms with E-state index in [2.05, 4.69) is 41.5 Å². The van der Waals surface area contributed by atoms with Crippen LogP contribution in [0.1, 0.15) is 54.4 Å². The second-order valence-electron chi connectivity index (χ2n) is 3.60. The SMILES string of the molecule is CCCC.CCN(CC)O[SiH2]ON(CC)CC. The lowest BCUT2D eigenvalue weighted by molar-refractivity contribution is -0.119. The highest BCUT2D eigenvalue weighted by molar-refractivity contribution is 6.17. The zero-order valence-electron chi connectivity index (χ0n) is 12.7. The average Bonchev–Trinajstić information content (AvgIpc) is 2.39. The normalized spacial score (nSPS) is 10.6. The van der Waals surface area contributed by atoms with Crippen molar-refractivity contribution in [1.82, 2.24) is 10.1 Å². The molecule has 5 heteroatoms. The fourth-order valence-electron chi connectivity index (χ4n) is 0.985. The van der Waals surface area contributed by atoms with E-state index in [-0.39, 0.29) is 0 Å². The van der Waals surface area contributed by atoms with Crippen molar-refractivity contribution >= 4 is 10.0 Å². The molecular formula is C12H32N2O2Si. The van der Waals surface area contributed by atoms with E-state index in [1.54, 1.807) is 0 Å². The lowest BCUT2D eigenvalue weighted by Gasteiger charge is -2.22. The van der Waals surface area contributed by atoms with Gasteiger partial charge in [-0.15, -0.1) is 0 Å². The number of hydroxylamine groups is 4. The minimum atomic E-state index is -0.876. The maximum atomic E-state index is 5.48. The Hall–Kier alpha value is 0.0569. The highest BCUT2D eigenvalue weighted by Crippen LogP contribution is 1.91. The van der Waals surface area contributed by atoms with E-state index in [4.69, 9.17) is 9.05 Å². The van der Waals surface area contributed by atoms with Crippen molar-refractivity contribution in [3.63, 3.8) is 0 Å². The molecule has 0 aromatic carbocycles. The molecule has 4 nitrogen and oxygen atoms in total. The second-order valence-corrected chi connectivity index (χ2v) is 4.36. The molecule has 0 rings (SSSR count). The minimum absolute atomic E-state index is 0.876. The Balaban J connectivity index is 0. The van der Waals surface area contributed by atoms with Gasteiger partial charge in [0.2, 0.25) is 0 Å². The first-order valence-corrected chi connectivity index (χ1v) is 8.10. The van der Waals surface area contributed by atoms with E-state index in [1.165, 1.54) is 12.8 Å². The molecule has 0 aliphatic heterocycles. The van der Waals surface area contributed by atoms with Crippen molar-refractivity contribution in [2.24, 2.45) is 0 Å². The minimum Gasteiger partial charge on any atom is -0.315 e. The van der Waals surface area contributed by atoms with E-state index < -0.39 is 10.0 Å². The molecule has 0 saturated carbocycles. The van der Waals surface area contributed by atoms with Crippen molar-refractivity contribution in [3.8, 4) is 0 Å². The topological polar surface area (TPSA) is 24.9 Å². The molecule has 0 aromatic heterocycles. The Kier molecular flexibility index (Phi) is 18.3. The third-order valence-electron chi connectivity index (χ3n) is 2.38. The standard InChI is InChI=1S/C8H22N2O2Si.C4H10/c1-5-9(6-2)11-13-12-10(7-3)8-4;1-3-4-2/h5-8,13H2,1-4H3;3-4H2,1-2H3. The van der Waals surface area contributed by atoms with Crippen LogP contribution in [0, 0.1) is 0 Å². The van der Waals surface area contributed by atoms with Crippen molar-refractivity contribution in [2.75, 3.05) is 26.2 Å². The highest BCUT2D eigenvalue weighted by Gasteiger charge is 2.02. The Bertz CT molecular complexity index is 118. The zero-order chi connectivity index (χ0) is 13.5. The summed E-state index contributed by atoms with van der Waals surface area (Å²) in [5.41, 5.74) is 0. The third-order valence-corrected chi connectivity index (χ3v) is 3.32. The van der Waals surface area contributed by atoms with Crippen molar-refractivity contribution in [2.45, 2.75) is 54.4 Å². The van der Waals surface area contributed by atoms with Gasteiger partial charge in [0, 0.05) is 26.2 Å². The predicted octanol–water partition coefficient (Wildman–Crippen LogP) is 2.34. The first kappa shape index (κ1) is 19.4. The first-order valence-electron chi connectivity index (χ1n) is 6.95. The summed E-state index contributed by atoms with van der Waals surface area (Å²) in [4.78, 5) is 0. The molecule has 0 fully saturated rings. The van der Waals surface area contributed by atoms with Gasteiger partial charge in [0.25, 0.3) is 0 Å². The Morgan fingerprint density at radius 2 is 0.941 bits per heavy atom. The van der Waals surface area contributed by atoms with Crippen LogP contribution in [0.3, 0.4) is 0 Å². The number of nitrogens with zero attached hydrogens (tertiary/aromatic N) is 2. The van der Waals surface area contributed by atoms with E-state index in [0.29, 0.717) is 0 Å². The number of hydrogen-bond donors (Lipinski definition) is 0. The van der Waals surface area contributed by atoms with Crippen molar-refractivity contribution in [1.29, 1.82) is 0 Å². The van der Waals surface area contributed by atoms with E-state index >= 15 is 0 Å². The smallest absolute Gasteiger partial charge is 0.315 e. The lowest BCUT2D eigenvalue weighted by atomic mass is 10.4. The Morgan fingerprint density at radius 3 is 1.12 bits per heavy atom. The summed E-state index contributed by atoms with van der Waals surface area (Å²) in [7, 11) is -0.876. The molecule has 0 heterocycles. The Morgan fingerprint density at radius 1 is 0.647 bits per heavy atom. The molecule has 0 atom stereocenters. The van der Waals surface area contributed by atoms with Gasteiger partial charge in [-0.3, -0.25) is 0 Å². The fraction of sp³-hybridized carbons (Fsp3) is 1.00. The number of rotatable bonds is 9. The van der Waals surface area contributed by atoms with Gasteiger partial charge in [0.05, 0.1) is 0 Å². The molecule has 0 aliphatic rings. The van der Waals surface area contributed by atoms with Crippen LogP contribution in [0.15, 0.2) is 0 Å². The van der Waals surface area contributed by atoms with Crippen LogP contribution in [0.4, 0.5) is 0 Å². The molecule has 0 radical (unpaired) electrons. The van der Waals surface area contributed by atoms with Crippen LogP contribution < -0.4 is 0 Å². The second kappa shape index (κ2) is 16.1. The fourth-order valence-corrected chi connectivity index (χ4v) is 2.06. The van der Waals surface area contributed by atoms with Gasteiger partial charge in [-0.2, -0.15) is 10.1 Å². The quantitative estimate of drug-likeness (QED) is 0.471. The Labute approximate surface area is 110 Å². The average molecular weight is 264 g/mol. The molecule has 0 aliphatic carbocycles. The van der Waals surface area contributed by atoms with Crippen LogP contribution in [-0.2, 0) is 9.05 Å². The van der Waals surface area contributed by atoms with Crippen LogP contribution in [-0.4, -0.2) is 46.3 Å². The molecule has 0 amide bonds. The summed E-state index contributed by atoms with van der Waals surface area (Å²) in [5, 5.41) is 3.85. The first-order chi connectivity index (χ1) is 8.19. The van der Waals surface area contributed by atoms with Gasteiger partial charge in [-0.25, -0.2) is 0 Å². The van der Waals surface area contributed by atoms with Gasteiger partial charge >= 0.3 is 10.0 Å². The molecule has 0 spiro atoms. The summed E-state index contributed by atoms with van der Waals surface area (Å²) < 4.78 is 11.0. The molecule has 106 valence electrons. The van der Waals surface area contributed by atoms with Gasteiger partial charge in [0.1, 0.15) is 0 Å². The largest absolute Gasteiger partial charge is 0.346 e. The monoisotopic (exact) mass is 264 g/mol. The summed E-state index contributed by atoms with van der Waals surface area (Å²) >= 11 is 0. The third kappa shape index (κ3) is 14.0. The highest BCUT2D eigenvalue weighted by atomic mass is 28.3. The molecule has 17 heavy (non-hydrogen) atoms. The van der Waals surface area contributed by atoms with Crippen molar-refractivity contribution < 1.29 is 9.05 Å². The molecule has 0 bridgehead atoms. The van der Waals surface area contributed by atoms with Crippen LogP contribution >= 0.6 is 0 Å². The van der Waals surface area contributed by atoms with Gasteiger partial charge in [0.15, 0.2) is 0 Å². The molecular weight excluding hydrogens is 232 g/mol. The van der Waals surface area contributed by atoms with Crippen LogP contribution in [0.25, 0.3) is 0 Å². The summed E-state index contributed by atoms with van der Waals surface area (Å²) in [6.45, 7) is 16.4. The maximum absolute atomic E-state index is 5.48. The summed E-state index contributed by atoms with van der Waals surface area (Å²) in [6, 6.07) is 0. The van der Waals surface area contributed by atoms with Gasteiger partial charge in [-0.05, 0) is 0 Å². The van der Waals surface area contributed by atoms with Crippen LogP contribution in [0.5, 0.6) is 0 Å². The molecule has 0 saturated heterocycles. The van der Waals surface area contributed by atoms with E-state index in [0.717, 1.165) is 26.2 Å². The lowest BCUT2D eigenvalue weighted by Crippen LogP contribution is -2.31. The van der Waals surface area contributed by atoms with Crippen molar-refractivity contribution in [3.05, 3.63) is 0 Å². The summed E-state index contributed by atoms with van der Waals surface area (Å²) in [5.74, 6) is 0. The number of unbranched alkanes of at least 4 members (excludes halogenated alkanes) is 1. The summed E-state index contributed by atoms with van der Waals surface area (Å²) in [6.07, 6.45) is 2.64. The van der Waals surface area contributed by atoms with Gasteiger partial charge in [-0.1, -0.05) is 54.4 Å². The van der Waals surface area contributed by atoms with Crippen LogP contribution in [0.2, 0.25) is 0 Å². The predicted molar refractivity (Wildman–Crippen MR) is 77.1 cm³/mol. The van der Waals surface area contributed by atoms with Gasteiger partial charge < -0.3 is 9.05 Å².